The smallest absolute Gasteiger partial charge is 0.514 e. The minimum absolute atomic E-state index is 0. The van der Waals surface area contributed by atoms with E-state index in [4.69, 9.17) is 19.5 Å². The molecule has 0 fully saturated rings. The van der Waals surface area contributed by atoms with Crippen molar-refractivity contribution in [3.8, 4) is 28.3 Å². The number of pyridine rings is 1. The number of hydrogen-bond donors (Lipinski definition) is 0. The molecule has 5 aromatic carbocycles. The Kier molecular flexibility index (Phi) is 6.77. The van der Waals surface area contributed by atoms with Crippen molar-refractivity contribution in [1.29, 1.82) is 0 Å². The Morgan fingerprint density at radius 3 is 2.53 bits per heavy atom. The van der Waals surface area contributed by atoms with Gasteiger partial charge < -0.3 is 14.0 Å². The fourth-order valence-electron chi connectivity index (χ4n) is 7.99. The minimum Gasteiger partial charge on any atom is -0.514 e. The summed E-state index contributed by atoms with van der Waals surface area (Å²) < 4.78 is 15.6. The van der Waals surface area contributed by atoms with E-state index in [0.717, 1.165) is 45.4 Å². The van der Waals surface area contributed by atoms with E-state index >= 15 is 0 Å². The van der Waals surface area contributed by atoms with E-state index in [-0.39, 0.29) is 38.6 Å². The van der Waals surface area contributed by atoms with Crippen LogP contribution in [-0.4, -0.2) is 21.6 Å². The molecule has 2 atom stereocenters. The Hall–Kier alpha value is -4.99. The number of aromatic nitrogens is 2. The van der Waals surface area contributed by atoms with E-state index in [1.165, 1.54) is 33.2 Å². The molecule has 240 valence electrons. The molecule has 2 aliphatic heterocycles. The average Bonchev–Trinajstić information content (AvgIpc) is 3.78. The number of para-hydroxylation sites is 1. The maximum atomic E-state index is 6.77. The standard InChI is InChI=1S/C43H31N3O2.Pt/c1-25-19-35-36(46-40-32(33-16-10-18-44-41(33)46)15-9-17-34(40)43(35,2)3)24-37(25)47-30-21-28(26-11-5-4-6-12-26)20-29(22-30)42-45-39-31-14-8-7-13-27(31)23-38(39)48-42;/h4-21,38-39H,23H2,1-3H3;/q-2;+2/t38-,39+;/m0./s1. The molecule has 10 rings (SSSR count). The molecule has 0 saturated heterocycles. The van der Waals surface area contributed by atoms with Crippen LogP contribution in [0, 0.1) is 19.1 Å². The number of fused-ring (bicyclic) bond motifs is 8. The van der Waals surface area contributed by atoms with E-state index in [1.54, 1.807) is 0 Å². The van der Waals surface area contributed by atoms with Gasteiger partial charge in [-0.3, -0.25) is 4.99 Å². The summed E-state index contributed by atoms with van der Waals surface area (Å²) in [6.07, 6.45) is 2.72. The van der Waals surface area contributed by atoms with Crippen molar-refractivity contribution in [3.63, 3.8) is 0 Å². The van der Waals surface area contributed by atoms with Crippen molar-refractivity contribution in [2.24, 2.45) is 4.99 Å². The molecular formula is C43H31N3O2Pt. The van der Waals surface area contributed by atoms with Gasteiger partial charge in [-0.25, -0.2) is 4.98 Å². The molecule has 4 heterocycles. The first kappa shape index (κ1) is 30.1. The van der Waals surface area contributed by atoms with Gasteiger partial charge in [-0.05, 0) is 39.8 Å². The van der Waals surface area contributed by atoms with Crippen LogP contribution in [0.3, 0.4) is 0 Å². The third-order valence-electron chi connectivity index (χ3n) is 10.4. The van der Waals surface area contributed by atoms with Crippen molar-refractivity contribution in [3.05, 3.63) is 155 Å². The Balaban J connectivity index is 0.00000325. The molecule has 0 radical (unpaired) electrons. The molecule has 1 aliphatic carbocycles. The SMILES string of the molecule is Cc1cc2c([c-]c1Oc1[c-]c(C3=N[C@@H]4c5ccccc5C[C@@H]4O3)cc(-c3ccccc3)c1)-n1c3ncccc3c3cccc(c31)C2(C)C.[Pt+2]. The van der Waals surface area contributed by atoms with Crippen LogP contribution in [-0.2, 0) is 37.6 Å². The van der Waals surface area contributed by atoms with Gasteiger partial charge in [0.05, 0.1) is 5.52 Å². The summed E-state index contributed by atoms with van der Waals surface area (Å²) in [6.45, 7) is 6.68. The molecule has 0 unspecified atom stereocenters. The van der Waals surface area contributed by atoms with Crippen molar-refractivity contribution in [2.75, 3.05) is 0 Å². The number of nitrogens with zero attached hydrogens (tertiary/aromatic N) is 3. The van der Waals surface area contributed by atoms with Crippen LogP contribution in [0.25, 0.3) is 38.8 Å². The summed E-state index contributed by atoms with van der Waals surface area (Å²) in [7, 11) is 0. The van der Waals surface area contributed by atoms with E-state index in [9.17, 15) is 0 Å². The van der Waals surface area contributed by atoms with Crippen molar-refractivity contribution < 1.29 is 30.5 Å². The predicted molar refractivity (Wildman–Crippen MR) is 189 cm³/mol. The molecule has 0 saturated carbocycles. The van der Waals surface area contributed by atoms with Gasteiger partial charge in [0.2, 0.25) is 0 Å². The molecule has 5 nitrogen and oxygen atoms in total. The van der Waals surface area contributed by atoms with E-state index in [2.05, 4.69) is 110 Å². The fraction of sp³-hybridized carbons (Fsp3) is 0.163. The van der Waals surface area contributed by atoms with Gasteiger partial charge >= 0.3 is 21.1 Å². The number of ether oxygens (including phenoxy) is 2. The Morgan fingerprint density at radius 1 is 0.837 bits per heavy atom. The first-order chi connectivity index (χ1) is 23.4. The van der Waals surface area contributed by atoms with Gasteiger partial charge in [0.25, 0.3) is 0 Å². The van der Waals surface area contributed by atoms with Crippen LogP contribution in [0.1, 0.15) is 53.3 Å². The van der Waals surface area contributed by atoms with Crippen molar-refractivity contribution >= 4 is 27.8 Å². The van der Waals surface area contributed by atoms with Crippen molar-refractivity contribution in [2.45, 2.75) is 44.8 Å². The summed E-state index contributed by atoms with van der Waals surface area (Å²) in [4.78, 5) is 9.95. The van der Waals surface area contributed by atoms with Crippen LogP contribution in [0.15, 0.2) is 114 Å². The summed E-state index contributed by atoms with van der Waals surface area (Å²) in [5, 5.41) is 2.33. The second-order valence-corrected chi connectivity index (χ2v) is 13.6. The number of hydrogen-bond acceptors (Lipinski definition) is 4. The molecule has 49 heavy (non-hydrogen) atoms. The van der Waals surface area contributed by atoms with Crippen LogP contribution in [0.4, 0.5) is 0 Å². The first-order valence-corrected chi connectivity index (χ1v) is 16.5. The van der Waals surface area contributed by atoms with Gasteiger partial charge in [0.15, 0.2) is 0 Å². The molecular weight excluding hydrogens is 786 g/mol. The molecule has 0 bridgehead atoms. The molecule has 2 aromatic heterocycles. The van der Waals surface area contributed by atoms with Crippen LogP contribution < -0.4 is 4.74 Å². The molecule has 3 aliphatic rings. The third-order valence-corrected chi connectivity index (χ3v) is 10.4. The maximum Gasteiger partial charge on any atom is 2.00 e. The van der Waals surface area contributed by atoms with Gasteiger partial charge in [-0.15, -0.1) is 23.3 Å². The number of aliphatic imine (C=N–C) groups is 1. The Morgan fingerprint density at radius 2 is 1.65 bits per heavy atom. The summed E-state index contributed by atoms with van der Waals surface area (Å²) in [5.74, 6) is 1.85. The van der Waals surface area contributed by atoms with Gasteiger partial charge in [-0.2, -0.15) is 6.07 Å². The first-order valence-electron chi connectivity index (χ1n) is 16.5. The third kappa shape index (κ3) is 4.48. The zero-order chi connectivity index (χ0) is 32.1. The molecule has 6 heteroatoms. The Labute approximate surface area is 299 Å². The molecule has 7 aromatic rings. The van der Waals surface area contributed by atoms with E-state index in [1.807, 2.05) is 36.5 Å². The Bertz CT molecular complexity index is 2500. The predicted octanol–water partition coefficient (Wildman–Crippen LogP) is 9.63. The molecule has 0 N–H and O–H groups in total. The van der Waals surface area contributed by atoms with E-state index < -0.39 is 0 Å². The second-order valence-electron chi connectivity index (χ2n) is 13.6. The summed E-state index contributed by atoms with van der Waals surface area (Å²) in [6, 6.07) is 43.3. The normalized spacial score (nSPS) is 17.9. The van der Waals surface area contributed by atoms with Gasteiger partial charge in [0.1, 0.15) is 23.7 Å². The fourth-order valence-corrected chi connectivity index (χ4v) is 7.99. The van der Waals surface area contributed by atoms with Crippen molar-refractivity contribution in [1.82, 2.24) is 9.55 Å². The molecule has 0 amide bonds. The largest absolute Gasteiger partial charge is 2.00 e. The van der Waals surface area contributed by atoms with Crippen LogP contribution >= 0.6 is 0 Å². The maximum absolute atomic E-state index is 6.77. The van der Waals surface area contributed by atoms with Gasteiger partial charge in [0, 0.05) is 34.9 Å². The van der Waals surface area contributed by atoms with Crippen LogP contribution in [0.2, 0.25) is 0 Å². The minimum atomic E-state index is -0.236. The topological polar surface area (TPSA) is 48.6 Å². The number of aryl methyl sites for hydroxylation is 1. The zero-order valence-electron chi connectivity index (χ0n) is 27.2. The quantitative estimate of drug-likeness (QED) is 0.167. The van der Waals surface area contributed by atoms with E-state index in [0.29, 0.717) is 17.4 Å². The number of rotatable bonds is 4. The monoisotopic (exact) mass is 816 g/mol. The van der Waals surface area contributed by atoms with Crippen LogP contribution in [0.5, 0.6) is 11.5 Å². The summed E-state index contributed by atoms with van der Waals surface area (Å²) in [5.41, 5.74) is 11.7. The molecule has 0 spiro atoms. The second kappa shape index (κ2) is 11.0. The van der Waals surface area contributed by atoms with Gasteiger partial charge in [-0.1, -0.05) is 123 Å². The summed E-state index contributed by atoms with van der Waals surface area (Å²) >= 11 is 0. The zero-order valence-corrected chi connectivity index (χ0v) is 29.5. The number of benzene rings is 5. The average molecular weight is 817 g/mol.